The molecule has 0 aromatic heterocycles. The quantitative estimate of drug-likeness (QED) is 0.771. The molecule has 2 rings (SSSR count). The van der Waals surface area contributed by atoms with E-state index >= 15 is 0 Å². The van der Waals surface area contributed by atoms with Crippen LogP contribution in [0.2, 0.25) is 0 Å². The molecule has 1 aromatic carbocycles. The topological polar surface area (TPSA) is 64.1 Å². The predicted octanol–water partition coefficient (Wildman–Crippen LogP) is 1.44. The van der Waals surface area contributed by atoms with Crippen LogP contribution < -0.4 is 0 Å². The maximum Gasteiger partial charge on any atom is 0.317 e. The van der Waals surface area contributed by atoms with Crippen molar-refractivity contribution in [3.05, 3.63) is 35.4 Å². The predicted molar refractivity (Wildman–Crippen MR) is 97.4 cm³/mol. The van der Waals surface area contributed by atoms with E-state index in [1.807, 2.05) is 11.8 Å². The van der Waals surface area contributed by atoms with Gasteiger partial charge < -0.3 is 10.0 Å². The second-order valence-corrected chi connectivity index (χ2v) is 6.75. The summed E-state index contributed by atoms with van der Waals surface area (Å²) in [5.41, 5.74) is 2.57. The number of hydrogen-bond donors (Lipinski definition) is 1. The molecule has 1 amide bonds. The minimum atomic E-state index is -0.885. The summed E-state index contributed by atoms with van der Waals surface area (Å²) >= 11 is 0. The number of carbonyl (C=O) groups is 2. The fourth-order valence-electron chi connectivity index (χ4n) is 3.24. The van der Waals surface area contributed by atoms with E-state index in [0.717, 1.165) is 26.1 Å². The van der Waals surface area contributed by atoms with Gasteiger partial charge in [-0.3, -0.25) is 19.4 Å². The lowest BCUT2D eigenvalue weighted by Gasteiger charge is -2.35. The van der Waals surface area contributed by atoms with Crippen molar-refractivity contribution in [2.45, 2.75) is 26.8 Å². The highest BCUT2D eigenvalue weighted by Crippen LogP contribution is 2.11. The number of amides is 1. The molecule has 0 bridgehead atoms. The average Bonchev–Trinajstić information content (AvgIpc) is 2.55. The van der Waals surface area contributed by atoms with Crippen molar-refractivity contribution in [2.24, 2.45) is 0 Å². The lowest BCUT2D eigenvalue weighted by atomic mass is 10.1. The zero-order valence-corrected chi connectivity index (χ0v) is 15.3. The van der Waals surface area contributed by atoms with Gasteiger partial charge in [0.25, 0.3) is 0 Å². The Hall–Kier alpha value is -1.92. The summed E-state index contributed by atoms with van der Waals surface area (Å²) in [4.78, 5) is 29.3. The molecule has 1 saturated heterocycles. The molecule has 138 valence electrons. The molecule has 0 spiro atoms. The van der Waals surface area contributed by atoms with Gasteiger partial charge in [-0.25, -0.2) is 0 Å². The zero-order valence-electron chi connectivity index (χ0n) is 15.3. The lowest BCUT2D eigenvalue weighted by Crippen LogP contribution is -2.51. The van der Waals surface area contributed by atoms with E-state index in [4.69, 9.17) is 5.11 Å². The number of carboxylic acids is 1. The molecule has 0 atom stereocenters. The van der Waals surface area contributed by atoms with Crippen molar-refractivity contribution < 1.29 is 14.7 Å². The van der Waals surface area contributed by atoms with Crippen LogP contribution in [-0.4, -0.2) is 77.5 Å². The van der Waals surface area contributed by atoms with Gasteiger partial charge >= 0.3 is 5.97 Å². The Bertz CT molecular complexity index is 583. The van der Waals surface area contributed by atoms with E-state index in [0.29, 0.717) is 19.6 Å². The zero-order chi connectivity index (χ0) is 18.2. The van der Waals surface area contributed by atoms with Crippen LogP contribution in [0.3, 0.4) is 0 Å². The average molecular weight is 347 g/mol. The molecule has 0 saturated carbocycles. The van der Waals surface area contributed by atoms with Gasteiger partial charge in [0.1, 0.15) is 0 Å². The Labute approximate surface area is 150 Å². The van der Waals surface area contributed by atoms with E-state index in [1.54, 1.807) is 4.90 Å². The Morgan fingerprint density at radius 2 is 1.88 bits per heavy atom. The Balaban J connectivity index is 1.80. The third kappa shape index (κ3) is 6.48. The van der Waals surface area contributed by atoms with Gasteiger partial charge in [0.2, 0.25) is 5.91 Å². The molecule has 0 aliphatic carbocycles. The molecule has 6 heteroatoms. The number of rotatable bonds is 8. The molecule has 1 aromatic rings. The second kappa shape index (κ2) is 9.53. The summed E-state index contributed by atoms with van der Waals surface area (Å²) in [6.45, 7) is 8.86. The molecule has 1 aliphatic heterocycles. The molecular weight excluding hydrogens is 318 g/mol. The summed E-state index contributed by atoms with van der Waals surface area (Å²) in [5, 5.41) is 8.95. The van der Waals surface area contributed by atoms with Crippen molar-refractivity contribution in [2.75, 3.05) is 45.8 Å². The van der Waals surface area contributed by atoms with Gasteiger partial charge in [-0.05, 0) is 25.5 Å². The number of aliphatic carboxylic acids is 1. The fraction of sp³-hybridized carbons (Fsp3) is 0.579. The normalized spacial score (nSPS) is 15.6. The monoisotopic (exact) mass is 347 g/mol. The molecule has 1 fully saturated rings. The van der Waals surface area contributed by atoms with Crippen molar-refractivity contribution in [1.29, 1.82) is 0 Å². The molecule has 0 radical (unpaired) electrons. The Morgan fingerprint density at radius 3 is 2.48 bits per heavy atom. The van der Waals surface area contributed by atoms with E-state index in [-0.39, 0.29) is 19.0 Å². The largest absolute Gasteiger partial charge is 0.480 e. The van der Waals surface area contributed by atoms with Gasteiger partial charge in [-0.1, -0.05) is 36.8 Å². The first kappa shape index (κ1) is 19.4. The molecule has 1 N–H and O–H groups in total. The van der Waals surface area contributed by atoms with Gasteiger partial charge in [-0.2, -0.15) is 0 Å². The van der Waals surface area contributed by atoms with Crippen molar-refractivity contribution >= 4 is 11.9 Å². The third-order valence-electron chi connectivity index (χ3n) is 4.47. The Morgan fingerprint density at radius 1 is 1.16 bits per heavy atom. The van der Waals surface area contributed by atoms with E-state index < -0.39 is 5.97 Å². The van der Waals surface area contributed by atoms with Gasteiger partial charge in [0.05, 0.1) is 13.1 Å². The molecule has 25 heavy (non-hydrogen) atoms. The van der Waals surface area contributed by atoms with Gasteiger partial charge in [0.15, 0.2) is 0 Å². The highest BCUT2D eigenvalue weighted by molar-refractivity contribution is 5.79. The van der Waals surface area contributed by atoms with Crippen LogP contribution in [0.1, 0.15) is 24.5 Å². The first-order valence-corrected chi connectivity index (χ1v) is 8.97. The summed E-state index contributed by atoms with van der Waals surface area (Å²) in [5.74, 6) is -0.853. The van der Waals surface area contributed by atoms with Crippen LogP contribution in [-0.2, 0) is 16.1 Å². The number of piperazine rings is 1. The minimum absolute atomic E-state index is 0.0323. The lowest BCUT2D eigenvalue weighted by molar-refractivity contribution is -0.140. The van der Waals surface area contributed by atoms with Gasteiger partial charge in [0, 0.05) is 32.7 Å². The van der Waals surface area contributed by atoms with Crippen LogP contribution >= 0.6 is 0 Å². The first-order valence-electron chi connectivity index (χ1n) is 8.97. The van der Waals surface area contributed by atoms with E-state index in [2.05, 4.69) is 36.1 Å². The number of aryl methyl sites for hydroxylation is 1. The van der Waals surface area contributed by atoms with Crippen molar-refractivity contribution in [1.82, 2.24) is 14.7 Å². The number of carbonyl (C=O) groups excluding carboxylic acids is 1. The molecule has 0 unspecified atom stereocenters. The van der Waals surface area contributed by atoms with Crippen LogP contribution in [0.4, 0.5) is 0 Å². The summed E-state index contributed by atoms with van der Waals surface area (Å²) < 4.78 is 0. The number of nitrogens with zero attached hydrogens (tertiary/aromatic N) is 3. The highest BCUT2D eigenvalue weighted by Gasteiger charge is 2.23. The number of benzene rings is 1. The summed E-state index contributed by atoms with van der Waals surface area (Å²) in [6, 6.07) is 8.51. The fourth-order valence-corrected chi connectivity index (χ4v) is 3.24. The maximum absolute atomic E-state index is 12.4. The van der Waals surface area contributed by atoms with Crippen LogP contribution in [0.25, 0.3) is 0 Å². The van der Waals surface area contributed by atoms with E-state index in [1.165, 1.54) is 11.1 Å². The molecule has 1 aliphatic rings. The smallest absolute Gasteiger partial charge is 0.317 e. The van der Waals surface area contributed by atoms with Crippen LogP contribution in [0.15, 0.2) is 24.3 Å². The molecule has 1 heterocycles. The SMILES string of the molecule is CCCN(CC(=O)O)CC(=O)N1CCN(Cc2cccc(C)c2)CC1. The van der Waals surface area contributed by atoms with Crippen molar-refractivity contribution in [3.63, 3.8) is 0 Å². The summed E-state index contributed by atoms with van der Waals surface area (Å²) in [7, 11) is 0. The van der Waals surface area contributed by atoms with E-state index in [9.17, 15) is 9.59 Å². The highest BCUT2D eigenvalue weighted by atomic mass is 16.4. The number of carboxylic acid groups (broad SMARTS) is 1. The van der Waals surface area contributed by atoms with Crippen LogP contribution in [0, 0.1) is 6.92 Å². The van der Waals surface area contributed by atoms with Gasteiger partial charge in [-0.15, -0.1) is 0 Å². The van der Waals surface area contributed by atoms with Crippen LogP contribution in [0.5, 0.6) is 0 Å². The number of hydrogen-bond acceptors (Lipinski definition) is 4. The maximum atomic E-state index is 12.4. The van der Waals surface area contributed by atoms with Crippen molar-refractivity contribution in [3.8, 4) is 0 Å². The third-order valence-corrected chi connectivity index (χ3v) is 4.47. The summed E-state index contributed by atoms with van der Waals surface area (Å²) in [6.07, 6.45) is 0.838. The second-order valence-electron chi connectivity index (χ2n) is 6.75. The molecule has 6 nitrogen and oxygen atoms in total. The molecular formula is C19H29N3O3. The first-order chi connectivity index (χ1) is 12.0. The Kier molecular flexibility index (Phi) is 7.40. The standard InChI is InChI=1S/C19H29N3O3/c1-3-7-21(15-19(24)25)14-18(23)22-10-8-20(9-11-22)13-17-6-4-5-16(2)12-17/h4-6,12H,3,7-11,13-15H2,1-2H3,(H,24,25). The minimum Gasteiger partial charge on any atom is -0.480 e.